The molecule has 88 valence electrons. The van der Waals surface area contributed by atoms with Crippen LogP contribution >= 0.6 is 0 Å². The average Bonchev–Trinajstić information content (AvgIpc) is 2.12. The Morgan fingerprint density at radius 1 is 1.38 bits per heavy atom. The SMILES string of the molecule is NC(=O)COc1ccc(C(F)(F)F)c(N)c1. The third-order valence-electron chi connectivity index (χ3n) is 1.71. The van der Waals surface area contributed by atoms with Gasteiger partial charge >= 0.3 is 6.18 Å². The van der Waals surface area contributed by atoms with Gasteiger partial charge in [-0.3, -0.25) is 4.79 Å². The summed E-state index contributed by atoms with van der Waals surface area (Å²) in [6.45, 7) is -0.412. The standard InChI is InChI=1S/C9H9F3N2O2/c10-9(11,12)6-2-1-5(3-7(6)13)16-4-8(14)15/h1-3H,4,13H2,(H2,14,15). The number of nitrogen functional groups attached to an aromatic ring is 1. The maximum Gasteiger partial charge on any atom is 0.418 e. The summed E-state index contributed by atoms with van der Waals surface area (Å²) in [5.74, 6) is -0.664. The van der Waals surface area contributed by atoms with Gasteiger partial charge in [0, 0.05) is 11.8 Å². The number of nitrogens with two attached hydrogens (primary N) is 2. The van der Waals surface area contributed by atoms with E-state index in [9.17, 15) is 18.0 Å². The Kier molecular flexibility index (Phi) is 3.26. The predicted molar refractivity (Wildman–Crippen MR) is 50.5 cm³/mol. The van der Waals surface area contributed by atoms with E-state index >= 15 is 0 Å². The van der Waals surface area contributed by atoms with Crippen LogP contribution in [0.5, 0.6) is 5.75 Å². The van der Waals surface area contributed by atoms with Crippen LogP contribution in [-0.4, -0.2) is 12.5 Å². The molecule has 0 fully saturated rings. The van der Waals surface area contributed by atoms with E-state index in [4.69, 9.17) is 16.2 Å². The van der Waals surface area contributed by atoms with Crippen LogP contribution in [0, 0.1) is 0 Å². The van der Waals surface area contributed by atoms with Crippen molar-refractivity contribution in [1.82, 2.24) is 0 Å². The molecule has 1 rings (SSSR count). The number of ether oxygens (including phenoxy) is 1. The highest BCUT2D eigenvalue weighted by Gasteiger charge is 2.32. The van der Waals surface area contributed by atoms with E-state index in [1.54, 1.807) is 0 Å². The van der Waals surface area contributed by atoms with Gasteiger partial charge < -0.3 is 16.2 Å². The highest BCUT2D eigenvalue weighted by Crippen LogP contribution is 2.35. The molecule has 1 amide bonds. The number of alkyl halides is 3. The molecule has 0 aliphatic heterocycles. The van der Waals surface area contributed by atoms with Gasteiger partial charge in [0.25, 0.3) is 5.91 Å². The molecule has 0 heterocycles. The molecule has 4 N–H and O–H groups in total. The van der Waals surface area contributed by atoms with Crippen LogP contribution in [0.4, 0.5) is 18.9 Å². The van der Waals surface area contributed by atoms with Crippen molar-refractivity contribution >= 4 is 11.6 Å². The first-order valence-electron chi connectivity index (χ1n) is 4.18. The quantitative estimate of drug-likeness (QED) is 0.770. The van der Waals surface area contributed by atoms with Gasteiger partial charge in [-0.25, -0.2) is 0 Å². The summed E-state index contributed by atoms with van der Waals surface area (Å²) in [4.78, 5) is 10.4. The molecular weight excluding hydrogens is 225 g/mol. The average molecular weight is 234 g/mol. The van der Waals surface area contributed by atoms with Gasteiger partial charge in [0.2, 0.25) is 0 Å². The van der Waals surface area contributed by atoms with E-state index in [-0.39, 0.29) is 5.75 Å². The number of halogens is 3. The van der Waals surface area contributed by atoms with Crippen molar-refractivity contribution in [3.05, 3.63) is 23.8 Å². The van der Waals surface area contributed by atoms with Crippen molar-refractivity contribution in [1.29, 1.82) is 0 Å². The van der Waals surface area contributed by atoms with Crippen molar-refractivity contribution in [2.75, 3.05) is 12.3 Å². The smallest absolute Gasteiger partial charge is 0.418 e. The summed E-state index contributed by atoms with van der Waals surface area (Å²) in [6, 6.07) is 2.85. The highest BCUT2D eigenvalue weighted by atomic mass is 19.4. The third kappa shape index (κ3) is 3.04. The number of carbonyl (C=O) groups excluding carboxylic acids is 1. The van der Waals surface area contributed by atoms with Crippen molar-refractivity contribution in [2.45, 2.75) is 6.18 Å². The Hall–Kier alpha value is -1.92. The van der Waals surface area contributed by atoms with Gasteiger partial charge in [0.1, 0.15) is 5.75 Å². The van der Waals surface area contributed by atoms with Crippen molar-refractivity contribution in [3.8, 4) is 5.75 Å². The molecule has 0 atom stereocenters. The fourth-order valence-electron chi connectivity index (χ4n) is 1.04. The van der Waals surface area contributed by atoms with Crippen molar-refractivity contribution in [2.24, 2.45) is 5.73 Å². The van der Waals surface area contributed by atoms with Gasteiger partial charge in [-0.05, 0) is 12.1 Å². The molecule has 0 aromatic heterocycles. The summed E-state index contributed by atoms with van der Waals surface area (Å²) in [6.07, 6.45) is -4.51. The fourth-order valence-corrected chi connectivity index (χ4v) is 1.04. The zero-order valence-electron chi connectivity index (χ0n) is 8.04. The second-order valence-corrected chi connectivity index (χ2v) is 3.00. The first kappa shape index (κ1) is 12.2. The molecule has 0 spiro atoms. The van der Waals surface area contributed by atoms with Crippen LogP contribution in [0.15, 0.2) is 18.2 Å². The summed E-state index contributed by atoms with van der Waals surface area (Å²) in [5.41, 5.74) is 8.59. The maximum atomic E-state index is 12.3. The van der Waals surface area contributed by atoms with E-state index in [0.717, 1.165) is 18.2 Å². The van der Waals surface area contributed by atoms with Gasteiger partial charge in [-0.1, -0.05) is 0 Å². The van der Waals surface area contributed by atoms with Crippen LogP contribution < -0.4 is 16.2 Å². The molecule has 0 bridgehead atoms. The van der Waals surface area contributed by atoms with Crippen LogP contribution in [0.1, 0.15) is 5.56 Å². The minimum atomic E-state index is -4.51. The van der Waals surface area contributed by atoms with E-state index in [1.807, 2.05) is 0 Å². The van der Waals surface area contributed by atoms with Crippen LogP contribution in [-0.2, 0) is 11.0 Å². The molecule has 4 nitrogen and oxygen atoms in total. The summed E-state index contributed by atoms with van der Waals surface area (Å²) in [7, 11) is 0. The van der Waals surface area contributed by atoms with Crippen LogP contribution in [0.25, 0.3) is 0 Å². The highest BCUT2D eigenvalue weighted by molar-refractivity contribution is 5.75. The topological polar surface area (TPSA) is 78.3 Å². The number of primary amides is 1. The lowest BCUT2D eigenvalue weighted by Crippen LogP contribution is -2.20. The van der Waals surface area contributed by atoms with E-state index < -0.39 is 29.9 Å². The lowest BCUT2D eigenvalue weighted by Gasteiger charge is -2.11. The number of benzene rings is 1. The molecule has 0 saturated heterocycles. The van der Waals surface area contributed by atoms with Crippen LogP contribution in [0.2, 0.25) is 0 Å². The Balaban J connectivity index is 2.87. The zero-order valence-corrected chi connectivity index (χ0v) is 8.04. The first-order valence-corrected chi connectivity index (χ1v) is 4.18. The molecule has 0 radical (unpaired) electrons. The number of amides is 1. The normalized spacial score (nSPS) is 11.2. The minimum absolute atomic E-state index is 0.0595. The number of carbonyl (C=O) groups is 1. The molecule has 7 heteroatoms. The van der Waals surface area contributed by atoms with E-state index in [1.165, 1.54) is 0 Å². The second kappa shape index (κ2) is 4.30. The summed E-state index contributed by atoms with van der Waals surface area (Å²) in [5, 5.41) is 0. The van der Waals surface area contributed by atoms with Gasteiger partial charge in [0.05, 0.1) is 5.56 Å². The van der Waals surface area contributed by atoms with Gasteiger partial charge in [0.15, 0.2) is 6.61 Å². The van der Waals surface area contributed by atoms with Crippen molar-refractivity contribution < 1.29 is 22.7 Å². The molecule has 1 aromatic rings. The maximum absolute atomic E-state index is 12.3. The number of anilines is 1. The third-order valence-corrected chi connectivity index (χ3v) is 1.71. The minimum Gasteiger partial charge on any atom is -0.484 e. The molecule has 0 saturated carbocycles. The molecule has 16 heavy (non-hydrogen) atoms. The van der Waals surface area contributed by atoms with Gasteiger partial charge in [-0.15, -0.1) is 0 Å². The van der Waals surface area contributed by atoms with Crippen LogP contribution in [0.3, 0.4) is 0 Å². The lowest BCUT2D eigenvalue weighted by molar-refractivity contribution is -0.137. The monoisotopic (exact) mass is 234 g/mol. The molecule has 0 unspecified atom stereocenters. The Morgan fingerprint density at radius 2 is 2.00 bits per heavy atom. The summed E-state index contributed by atoms with van der Waals surface area (Å²) >= 11 is 0. The zero-order chi connectivity index (χ0) is 12.3. The van der Waals surface area contributed by atoms with E-state index in [0.29, 0.717) is 0 Å². The number of hydrogen-bond acceptors (Lipinski definition) is 3. The molecule has 0 aliphatic carbocycles. The molecular formula is C9H9F3N2O2. The Labute approximate surface area is 89.0 Å². The second-order valence-electron chi connectivity index (χ2n) is 3.00. The Morgan fingerprint density at radius 3 is 2.44 bits per heavy atom. The summed E-state index contributed by atoms with van der Waals surface area (Å²) < 4.78 is 41.7. The van der Waals surface area contributed by atoms with Gasteiger partial charge in [-0.2, -0.15) is 13.2 Å². The molecule has 1 aromatic carbocycles. The number of rotatable bonds is 3. The number of hydrogen-bond donors (Lipinski definition) is 2. The molecule has 0 aliphatic rings. The lowest BCUT2D eigenvalue weighted by atomic mass is 10.1. The predicted octanol–water partition coefficient (Wildman–Crippen LogP) is 1.15. The van der Waals surface area contributed by atoms with Crippen molar-refractivity contribution in [3.63, 3.8) is 0 Å². The first-order chi connectivity index (χ1) is 7.30. The Bertz CT molecular complexity index is 404. The fraction of sp³-hybridized carbons (Fsp3) is 0.222. The van der Waals surface area contributed by atoms with E-state index in [2.05, 4.69) is 0 Å². The largest absolute Gasteiger partial charge is 0.484 e.